The van der Waals surface area contributed by atoms with Crippen molar-refractivity contribution in [3.05, 3.63) is 46.5 Å². The molecular weight excluding hydrogens is 513 g/mol. The molecule has 0 aliphatic carbocycles. The van der Waals surface area contributed by atoms with Crippen molar-refractivity contribution in [3.8, 4) is 17.9 Å². The molecule has 1 aromatic heterocycles. The Hall–Kier alpha value is -3.09. The van der Waals surface area contributed by atoms with Gasteiger partial charge in [0.2, 0.25) is 5.91 Å². The number of nitriles is 2. The highest BCUT2D eigenvalue weighted by Crippen LogP contribution is 2.42. The van der Waals surface area contributed by atoms with Crippen molar-refractivity contribution < 1.29 is 26.9 Å². The zero-order valence-corrected chi connectivity index (χ0v) is 22.2. The molecule has 1 amide bonds. The fraction of sp³-hybridized carbons (Fsp3) is 0.333. The molecule has 1 heterocycles. The quantitative estimate of drug-likeness (QED) is 0.273. The van der Waals surface area contributed by atoms with Crippen molar-refractivity contribution in [1.82, 2.24) is 10.1 Å². The summed E-state index contributed by atoms with van der Waals surface area (Å²) < 4.78 is 39.5. The number of thioether (sulfide) groups is 1. The van der Waals surface area contributed by atoms with Crippen molar-refractivity contribution in [2.75, 3.05) is 31.9 Å². The SMILES string of the molecule is CCc1c(C#N)c(SC(C(=O)NP(C)(=O)O)c2ccc(OS(C)(=O)=O)cc2)nc(N(C)C)c1C#N. The van der Waals surface area contributed by atoms with E-state index in [4.69, 9.17) is 4.18 Å². The number of benzene rings is 1. The standard InChI is InChI=1S/C21H24N5O6PS2/c1-6-15-16(11-22)19(26(2)3)24-21(17(15)12-23)34-18(20(27)25-33(4,28)29)13-7-9-14(10-8-13)32-35(5,30)31/h7-10,18H,6H2,1-5H3,(H2,25,27,28,29). The lowest BCUT2D eigenvalue weighted by Crippen LogP contribution is -2.25. The Balaban J connectivity index is 2.66. The summed E-state index contributed by atoms with van der Waals surface area (Å²) >= 11 is 0.868. The van der Waals surface area contributed by atoms with E-state index in [2.05, 4.69) is 22.2 Å². The van der Waals surface area contributed by atoms with Gasteiger partial charge in [0.1, 0.15) is 34.0 Å². The molecule has 0 spiro atoms. The summed E-state index contributed by atoms with van der Waals surface area (Å²) in [7, 11) is -4.36. The number of hydrogen-bond acceptors (Lipinski definition) is 10. The molecule has 0 saturated heterocycles. The number of nitrogens with zero attached hydrogens (tertiary/aromatic N) is 4. The highest BCUT2D eigenvalue weighted by molar-refractivity contribution is 8.00. The van der Waals surface area contributed by atoms with E-state index < -0.39 is 28.8 Å². The fourth-order valence-electron chi connectivity index (χ4n) is 3.11. The Bertz CT molecular complexity index is 1360. The minimum Gasteiger partial charge on any atom is -0.383 e. The van der Waals surface area contributed by atoms with Gasteiger partial charge in [0.25, 0.3) is 7.52 Å². The van der Waals surface area contributed by atoms with E-state index in [1.54, 1.807) is 25.9 Å². The average Bonchev–Trinajstić information content (AvgIpc) is 2.74. The van der Waals surface area contributed by atoms with Crippen LogP contribution in [0.3, 0.4) is 0 Å². The number of carbonyl (C=O) groups excluding carboxylic acids is 1. The maximum absolute atomic E-state index is 13.0. The second kappa shape index (κ2) is 11.1. The molecule has 186 valence electrons. The highest BCUT2D eigenvalue weighted by atomic mass is 32.2. The maximum atomic E-state index is 13.0. The van der Waals surface area contributed by atoms with Crippen LogP contribution in [0.15, 0.2) is 29.3 Å². The summed E-state index contributed by atoms with van der Waals surface area (Å²) in [4.78, 5) is 28.8. The lowest BCUT2D eigenvalue weighted by Gasteiger charge is -2.22. The first-order valence-electron chi connectivity index (χ1n) is 10.0. The Labute approximate surface area is 208 Å². The van der Waals surface area contributed by atoms with Gasteiger partial charge >= 0.3 is 10.1 Å². The molecule has 2 unspecified atom stereocenters. The van der Waals surface area contributed by atoms with Gasteiger partial charge < -0.3 is 14.0 Å². The summed E-state index contributed by atoms with van der Waals surface area (Å²) in [5.41, 5.74) is 1.17. The van der Waals surface area contributed by atoms with E-state index in [-0.39, 0.29) is 21.9 Å². The number of pyridine rings is 1. The Kier molecular flexibility index (Phi) is 8.93. The van der Waals surface area contributed by atoms with Gasteiger partial charge in [0, 0.05) is 20.8 Å². The first kappa shape index (κ1) is 28.1. The lowest BCUT2D eigenvalue weighted by molar-refractivity contribution is -0.119. The first-order valence-corrected chi connectivity index (χ1v) is 14.8. The Morgan fingerprint density at radius 3 is 2.26 bits per heavy atom. The van der Waals surface area contributed by atoms with Crippen molar-refractivity contribution in [1.29, 1.82) is 10.5 Å². The monoisotopic (exact) mass is 537 g/mol. The van der Waals surface area contributed by atoms with Gasteiger partial charge in [0.15, 0.2) is 0 Å². The van der Waals surface area contributed by atoms with Crippen molar-refractivity contribution >= 4 is 41.1 Å². The fourth-order valence-corrected chi connectivity index (χ4v) is 5.31. The minimum atomic E-state index is -3.96. The molecule has 0 fully saturated rings. The van der Waals surface area contributed by atoms with E-state index in [0.717, 1.165) is 24.7 Å². The van der Waals surface area contributed by atoms with Crippen LogP contribution in [0, 0.1) is 22.7 Å². The average molecular weight is 538 g/mol. The Morgan fingerprint density at radius 2 is 1.83 bits per heavy atom. The van der Waals surface area contributed by atoms with Crippen LogP contribution in [-0.2, 0) is 25.9 Å². The molecule has 0 aliphatic rings. The maximum Gasteiger partial charge on any atom is 0.306 e. The summed E-state index contributed by atoms with van der Waals surface area (Å²) in [6.07, 6.45) is 1.25. The van der Waals surface area contributed by atoms with Crippen LogP contribution in [-0.4, -0.2) is 51.2 Å². The number of amides is 1. The number of rotatable bonds is 9. The predicted octanol–water partition coefficient (Wildman–Crippen LogP) is 2.56. The van der Waals surface area contributed by atoms with Crippen molar-refractivity contribution in [2.24, 2.45) is 0 Å². The molecule has 35 heavy (non-hydrogen) atoms. The molecule has 2 aromatic rings. The van der Waals surface area contributed by atoms with Crippen LogP contribution in [0.5, 0.6) is 5.75 Å². The molecule has 0 bridgehead atoms. The molecule has 11 nitrogen and oxygen atoms in total. The van der Waals surface area contributed by atoms with Crippen LogP contribution in [0.1, 0.15) is 34.4 Å². The van der Waals surface area contributed by atoms with Crippen molar-refractivity contribution in [3.63, 3.8) is 0 Å². The Morgan fingerprint density at radius 1 is 1.26 bits per heavy atom. The van der Waals surface area contributed by atoms with Crippen LogP contribution in [0.25, 0.3) is 0 Å². The van der Waals surface area contributed by atoms with Crippen LogP contribution < -0.4 is 14.2 Å². The third kappa shape index (κ3) is 7.44. The topological polar surface area (TPSA) is 173 Å². The summed E-state index contributed by atoms with van der Waals surface area (Å²) in [5.74, 6) is -0.494. The number of aromatic nitrogens is 1. The molecule has 2 rings (SSSR count). The molecular formula is C21H24N5O6PS2. The highest BCUT2D eigenvalue weighted by Gasteiger charge is 2.30. The number of carbonyl (C=O) groups is 1. The summed E-state index contributed by atoms with van der Waals surface area (Å²) in [6.45, 7) is 2.75. The predicted molar refractivity (Wildman–Crippen MR) is 132 cm³/mol. The van der Waals surface area contributed by atoms with E-state index in [0.29, 0.717) is 23.4 Å². The van der Waals surface area contributed by atoms with Crippen LogP contribution in [0.4, 0.5) is 5.82 Å². The molecule has 0 aliphatic heterocycles. The molecule has 0 saturated carbocycles. The van der Waals surface area contributed by atoms with Gasteiger partial charge in [-0.15, -0.1) is 0 Å². The molecule has 1 aromatic carbocycles. The van der Waals surface area contributed by atoms with Crippen molar-refractivity contribution in [2.45, 2.75) is 23.6 Å². The van der Waals surface area contributed by atoms with Gasteiger partial charge in [-0.3, -0.25) is 14.4 Å². The number of anilines is 1. The summed E-state index contributed by atoms with van der Waals surface area (Å²) in [6, 6.07) is 9.67. The van der Waals surface area contributed by atoms with Gasteiger partial charge in [0.05, 0.1) is 17.4 Å². The van der Waals surface area contributed by atoms with E-state index in [1.165, 1.54) is 24.3 Å². The van der Waals surface area contributed by atoms with E-state index in [9.17, 15) is 33.2 Å². The van der Waals surface area contributed by atoms with E-state index in [1.807, 2.05) is 0 Å². The third-order valence-corrected chi connectivity index (χ3v) is 6.84. The molecule has 2 N–H and O–H groups in total. The largest absolute Gasteiger partial charge is 0.383 e. The van der Waals surface area contributed by atoms with Crippen LogP contribution >= 0.6 is 19.3 Å². The first-order chi connectivity index (χ1) is 16.2. The number of hydrogen-bond donors (Lipinski definition) is 2. The van der Waals surface area contributed by atoms with Crippen LogP contribution in [0.2, 0.25) is 0 Å². The number of nitrogens with one attached hydrogen (secondary N) is 1. The summed E-state index contributed by atoms with van der Waals surface area (Å²) in [5, 5.41) is 20.6. The normalized spacial score (nSPS) is 13.6. The lowest BCUT2D eigenvalue weighted by atomic mass is 10.0. The zero-order valence-electron chi connectivity index (χ0n) is 19.6. The molecule has 2 atom stereocenters. The zero-order chi connectivity index (χ0) is 26.6. The van der Waals surface area contributed by atoms with Gasteiger partial charge in [-0.2, -0.15) is 18.9 Å². The van der Waals surface area contributed by atoms with E-state index >= 15 is 0 Å². The van der Waals surface area contributed by atoms with Gasteiger partial charge in [-0.05, 0) is 29.7 Å². The third-order valence-electron chi connectivity index (χ3n) is 4.46. The molecule has 14 heteroatoms. The minimum absolute atomic E-state index is 0.0149. The smallest absolute Gasteiger partial charge is 0.306 e. The molecule has 0 radical (unpaired) electrons. The van der Waals surface area contributed by atoms with Gasteiger partial charge in [-0.1, -0.05) is 30.8 Å². The van der Waals surface area contributed by atoms with Gasteiger partial charge in [-0.25, -0.2) is 4.98 Å². The second-order valence-electron chi connectivity index (χ2n) is 7.65. The second-order valence-corrected chi connectivity index (χ2v) is 12.3.